The number of aliphatic hydroxyl groups is 1. The van der Waals surface area contributed by atoms with E-state index in [0.29, 0.717) is 30.5 Å². The van der Waals surface area contributed by atoms with Gasteiger partial charge in [-0.15, -0.1) is 0 Å². The Hall–Kier alpha value is -4.06. The molecule has 0 saturated carbocycles. The van der Waals surface area contributed by atoms with Crippen LogP contribution in [0.2, 0.25) is 0 Å². The van der Waals surface area contributed by atoms with Gasteiger partial charge in [0.05, 0.1) is 16.0 Å². The molecule has 1 atom stereocenters. The summed E-state index contributed by atoms with van der Waals surface area (Å²) >= 11 is 0. The lowest BCUT2D eigenvalue weighted by atomic mass is 9.94. The highest BCUT2D eigenvalue weighted by molar-refractivity contribution is 7.90. The fraction of sp³-hybridized carbons (Fsp3) is 0.273. The zero-order valence-electron chi connectivity index (χ0n) is 24.4. The van der Waals surface area contributed by atoms with Crippen LogP contribution < -0.4 is 14.8 Å². The van der Waals surface area contributed by atoms with Gasteiger partial charge in [0.15, 0.2) is 9.84 Å². The van der Waals surface area contributed by atoms with E-state index in [1.807, 2.05) is 56.3 Å². The third kappa shape index (κ3) is 7.35. The minimum absolute atomic E-state index is 0.106. The van der Waals surface area contributed by atoms with Crippen LogP contribution in [0.3, 0.4) is 0 Å². The van der Waals surface area contributed by atoms with E-state index in [9.17, 15) is 26.7 Å². The summed E-state index contributed by atoms with van der Waals surface area (Å²) in [5.74, 6) is 0.871. The first-order chi connectivity index (χ1) is 20.7. The molecule has 11 heteroatoms. The second kappa shape index (κ2) is 12.1. The Labute approximate surface area is 253 Å². The largest absolute Gasteiger partial charge is 0.490 e. The number of benzene rings is 4. The summed E-state index contributed by atoms with van der Waals surface area (Å²) in [5, 5.41) is 16.1. The normalized spacial score (nSPS) is 13.3. The molecule has 0 amide bonds. The van der Waals surface area contributed by atoms with Gasteiger partial charge in [-0.2, -0.15) is 13.2 Å². The monoisotopic (exact) mass is 626 g/mol. The summed E-state index contributed by atoms with van der Waals surface area (Å²) < 4.78 is 75.7. The molecule has 0 aliphatic carbocycles. The number of sulfone groups is 1. The van der Waals surface area contributed by atoms with Crippen LogP contribution in [0.25, 0.3) is 21.8 Å². The summed E-state index contributed by atoms with van der Waals surface area (Å²) in [6.45, 7) is 4.40. The van der Waals surface area contributed by atoms with Gasteiger partial charge in [0.2, 0.25) is 0 Å². The SMILES string of the molecule is CC(C)(Cc1ccc(Oc2ccc(S(C)(=O)=O)c(C(F)(F)F)c2)cc1)NC[C@H](O)COc1cccc2[nH]c3ccccc3c12. The van der Waals surface area contributed by atoms with E-state index in [0.717, 1.165) is 39.7 Å². The molecular formula is C33H33F3N2O5S. The molecule has 4 aromatic carbocycles. The summed E-state index contributed by atoms with van der Waals surface area (Å²) in [4.78, 5) is 2.58. The van der Waals surface area contributed by atoms with Gasteiger partial charge in [-0.3, -0.25) is 0 Å². The smallest absolute Gasteiger partial charge is 0.417 e. The van der Waals surface area contributed by atoms with Crippen molar-refractivity contribution in [2.45, 2.75) is 43.0 Å². The number of aliphatic hydroxyl groups excluding tert-OH is 1. The number of β-amino-alcohol motifs (C(OH)–C–C–N with tert-alkyl or cyclic N) is 1. The Morgan fingerprint density at radius 2 is 1.59 bits per heavy atom. The molecule has 0 bridgehead atoms. The molecule has 0 aliphatic heterocycles. The maximum atomic E-state index is 13.5. The molecule has 1 heterocycles. The molecule has 0 fully saturated rings. The van der Waals surface area contributed by atoms with Crippen LogP contribution in [0.5, 0.6) is 17.2 Å². The number of H-pyrrole nitrogens is 1. The number of alkyl halides is 3. The number of para-hydroxylation sites is 1. The molecule has 0 aliphatic rings. The van der Waals surface area contributed by atoms with E-state index in [4.69, 9.17) is 9.47 Å². The number of aromatic nitrogens is 1. The van der Waals surface area contributed by atoms with Gasteiger partial charge in [-0.1, -0.05) is 36.4 Å². The van der Waals surface area contributed by atoms with Gasteiger partial charge < -0.3 is 24.9 Å². The van der Waals surface area contributed by atoms with Crippen molar-refractivity contribution in [3.05, 3.63) is 96.1 Å². The average Bonchev–Trinajstić information content (AvgIpc) is 3.34. The second-order valence-corrected chi connectivity index (χ2v) is 13.4. The molecular weight excluding hydrogens is 593 g/mol. The van der Waals surface area contributed by atoms with E-state index in [-0.39, 0.29) is 12.4 Å². The standard InChI is InChI=1S/C33H33F3N2O5S/c1-32(2,37-19-22(39)20-42-29-10-6-9-28-31(29)25-7-4-5-8-27(25)38-28)18-21-11-13-23(14-12-21)43-24-15-16-30(44(3,40)41)26(17-24)33(34,35)36/h4-17,22,37-39H,18-20H2,1-3H3/t22-/m0/s1. The molecule has 0 saturated heterocycles. The van der Waals surface area contributed by atoms with Gasteiger partial charge in [0, 0.05) is 34.6 Å². The third-order valence-electron chi connectivity index (χ3n) is 7.20. The number of rotatable bonds is 11. The lowest BCUT2D eigenvalue weighted by Gasteiger charge is -2.28. The summed E-state index contributed by atoms with van der Waals surface area (Å²) in [6.07, 6.45) is -4.29. The van der Waals surface area contributed by atoms with E-state index in [2.05, 4.69) is 10.3 Å². The molecule has 7 nitrogen and oxygen atoms in total. The van der Waals surface area contributed by atoms with Crippen LogP contribution in [-0.4, -0.2) is 49.6 Å². The zero-order chi connectivity index (χ0) is 31.7. The van der Waals surface area contributed by atoms with Crippen molar-refractivity contribution < 1.29 is 36.2 Å². The maximum Gasteiger partial charge on any atom is 0.417 e. The molecule has 0 unspecified atom stereocenters. The number of nitrogens with one attached hydrogen (secondary N) is 2. The molecule has 5 rings (SSSR count). The minimum Gasteiger partial charge on any atom is -0.490 e. The summed E-state index contributed by atoms with van der Waals surface area (Å²) in [6, 6.07) is 23.4. The van der Waals surface area contributed by atoms with Gasteiger partial charge in [0.1, 0.15) is 30.0 Å². The Kier molecular flexibility index (Phi) is 8.66. The number of aromatic amines is 1. The number of hydrogen-bond acceptors (Lipinski definition) is 6. The lowest BCUT2D eigenvalue weighted by molar-refractivity contribution is -0.140. The molecule has 3 N–H and O–H groups in total. The fourth-order valence-electron chi connectivity index (χ4n) is 5.13. The Morgan fingerprint density at radius 1 is 0.909 bits per heavy atom. The number of fused-ring (bicyclic) bond motifs is 3. The van der Waals surface area contributed by atoms with Crippen molar-refractivity contribution in [2.24, 2.45) is 0 Å². The molecule has 0 spiro atoms. The lowest BCUT2D eigenvalue weighted by Crippen LogP contribution is -2.46. The molecule has 5 aromatic rings. The molecule has 1 aromatic heterocycles. The predicted octanol–water partition coefficient (Wildman–Crippen LogP) is 6.89. The highest BCUT2D eigenvalue weighted by Gasteiger charge is 2.36. The van der Waals surface area contributed by atoms with Crippen molar-refractivity contribution in [3.8, 4) is 17.2 Å². The van der Waals surface area contributed by atoms with Gasteiger partial charge >= 0.3 is 6.18 Å². The van der Waals surface area contributed by atoms with Crippen LogP contribution in [0.15, 0.2) is 89.8 Å². The quantitative estimate of drug-likeness (QED) is 0.148. The fourth-order valence-corrected chi connectivity index (χ4v) is 6.02. The minimum atomic E-state index is -4.86. The maximum absolute atomic E-state index is 13.5. The Morgan fingerprint density at radius 3 is 2.30 bits per heavy atom. The van der Waals surface area contributed by atoms with Crippen LogP contribution in [0, 0.1) is 0 Å². The molecule has 232 valence electrons. The van der Waals surface area contributed by atoms with Gasteiger partial charge in [0.25, 0.3) is 0 Å². The van der Waals surface area contributed by atoms with Crippen molar-refractivity contribution in [2.75, 3.05) is 19.4 Å². The van der Waals surface area contributed by atoms with Gasteiger partial charge in [-0.25, -0.2) is 8.42 Å². The van der Waals surface area contributed by atoms with Crippen molar-refractivity contribution in [1.82, 2.24) is 10.3 Å². The van der Waals surface area contributed by atoms with Gasteiger partial charge in [-0.05, 0) is 74.4 Å². The number of hydrogen-bond donors (Lipinski definition) is 3. The second-order valence-electron chi connectivity index (χ2n) is 11.4. The molecule has 44 heavy (non-hydrogen) atoms. The first-order valence-electron chi connectivity index (χ1n) is 13.9. The van der Waals surface area contributed by atoms with Crippen molar-refractivity contribution in [3.63, 3.8) is 0 Å². The van der Waals surface area contributed by atoms with E-state index in [1.54, 1.807) is 24.3 Å². The predicted molar refractivity (Wildman–Crippen MR) is 164 cm³/mol. The highest BCUT2D eigenvalue weighted by Crippen LogP contribution is 2.38. The number of ether oxygens (including phenoxy) is 2. The van der Waals surface area contributed by atoms with Crippen LogP contribution in [0.4, 0.5) is 13.2 Å². The number of halogens is 3. The van der Waals surface area contributed by atoms with E-state index in [1.165, 1.54) is 6.07 Å². The van der Waals surface area contributed by atoms with E-state index >= 15 is 0 Å². The first-order valence-corrected chi connectivity index (χ1v) is 15.8. The first kappa shape index (κ1) is 31.4. The van der Waals surface area contributed by atoms with Crippen molar-refractivity contribution >= 4 is 31.6 Å². The Balaban J connectivity index is 1.16. The summed E-state index contributed by atoms with van der Waals surface area (Å²) in [7, 11) is -4.07. The zero-order valence-corrected chi connectivity index (χ0v) is 25.2. The van der Waals surface area contributed by atoms with Crippen LogP contribution in [0.1, 0.15) is 25.0 Å². The van der Waals surface area contributed by atoms with Crippen molar-refractivity contribution in [1.29, 1.82) is 0 Å². The topological polar surface area (TPSA) is 101 Å². The Bertz CT molecular complexity index is 1880. The third-order valence-corrected chi connectivity index (χ3v) is 8.36. The highest BCUT2D eigenvalue weighted by atomic mass is 32.2. The van der Waals surface area contributed by atoms with Crippen LogP contribution in [-0.2, 0) is 22.4 Å². The average molecular weight is 627 g/mol. The molecule has 0 radical (unpaired) electrons. The van der Waals surface area contributed by atoms with Crippen LogP contribution >= 0.6 is 0 Å². The summed E-state index contributed by atoms with van der Waals surface area (Å²) in [5.41, 5.74) is 1.24. The van der Waals surface area contributed by atoms with E-state index < -0.39 is 38.1 Å².